The van der Waals surface area contributed by atoms with E-state index in [0.717, 1.165) is 17.0 Å². The Kier molecular flexibility index (Phi) is 6.52. The second-order valence-corrected chi connectivity index (χ2v) is 8.10. The molecule has 4 rings (SSSR count). The van der Waals surface area contributed by atoms with Crippen LogP contribution in [0.25, 0.3) is 0 Å². The lowest BCUT2D eigenvalue weighted by Crippen LogP contribution is -2.42. The third kappa shape index (κ3) is 5.01. The molecule has 0 radical (unpaired) electrons. The van der Waals surface area contributed by atoms with E-state index in [1.807, 2.05) is 0 Å². The highest BCUT2D eigenvalue weighted by Gasteiger charge is 2.45. The molecule has 2 aliphatic rings. The lowest BCUT2D eigenvalue weighted by Gasteiger charge is -2.28. The number of urea groups is 1. The predicted octanol–water partition coefficient (Wildman–Crippen LogP) is 4.96. The molecule has 34 heavy (non-hydrogen) atoms. The van der Waals surface area contributed by atoms with Gasteiger partial charge in [-0.3, -0.25) is 10.3 Å². The normalized spacial score (nSPS) is 20.1. The number of nitrogens with zero attached hydrogens (tertiary/aromatic N) is 3. The quantitative estimate of drug-likeness (QED) is 0.597. The number of halogens is 7. The predicted molar refractivity (Wildman–Crippen MR) is 111 cm³/mol. The van der Waals surface area contributed by atoms with Crippen molar-refractivity contribution < 1.29 is 35.9 Å². The van der Waals surface area contributed by atoms with Crippen molar-refractivity contribution in [3.8, 4) is 0 Å². The lowest BCUT2D eigenvalue weighted by atomic mass is 10.1. The topological polar surface area (TPSA) is 57.2 Å². The van der Waals surface area contributed by atoms with Crippen molar-refractivity contribution in [3.05, 3.63) is 64.2 Å². The molecule has 2 heterocycles. The Bertz CT molecular complexity index is 1130. The summed E-state index contributed by atoms with van der Waals surface area (Å²) in [5.41, 5.74) is 1.87. The van der Waals surface area contributed by atoms with Gasteiger partial charge in [0.05, 0.1) is 18.1 Å². The van der Waals surface area contributed by atoms with Gasteiger partial charge in [0.1, 0.15) is 17.8 Å². The maximum Gasteiger partial charge on any atom is 0.446 e. The summed E-state index contributed by atoms with van der Waals surface area (Å²) >= 11 is 5.84. The maximum atomic E-state index is 14.9. The van der Waals surface area contributed by atoms with Crippen molar-refractivity contribution in [2.75, 3.05) is 18.0 Å². The van der Waals surface area contributed by atoms with Crippen molar-refractivity contribution in [3.63, 3.8) is 0 Å². The Hall–Kier alpha value is -3.15. The van der Waals surface area contributed by atoms with E-state index in [1.165, 1.54) is 29.2 Å². The van der Waals surface area contributed by atoms with E-state index >= 15 is 0 Å². The molecule has 182 valence electrons. The summed E-state index contributed by atoms with van der Waals surface area (Å²) < 4.78 is 85.1. The molecular weight excluding hydrogens is 490 g/mol. The number of amides is 2. The molecule has 13 heteroatoms. The number of carbonyl (C=O) groups is 1. The number of likely N-dealkylation sites (tertiary alicyclic amines) is 1. The van der Waals surface area contributed by atoms with Gasteiger partial charge in [-0.2, -0.15) is 13.2 Å². The first-order chi connectivity index (χ1) is 16.0. The first-order valence-electron chi connectivity index (χ1n) is 10.0. The van der Waals surface area contributed by atoms with Crippen LogP contribution in [0.2, 0.25) is 5.02 Å². The molecular formula is C21H17ClF6N4O2. The molecule has 1 fully saturated rings. The molecule has 0 aliphatic carbocycles. The van der Waals surface area contributed by atoms with Crippen LogP contribution in [0.4, 0.5) is 36.8 Å². The smallest absolute Gasteiger partial charge is 0.441 e. The van der Waals surface area contributed by atoms with E-state index in [4.69, 9.17) is 11.6 Å². The molecule has 2 unspecified atom stereocenters. The zero-order valence-corrected chi connectivity index (χ0v) is 18.0. The van der Waals surface area contributed by atoms with Crippen molar-refractivity contribution in [1.82, 2.24) is 10.3 Å². The fraction of sp³-hybridized carbons (Fsp3) is 0.333. The molecule has 0 spiro atoms. The number of ether oxygens (including phenoxy) is 1. The van der Waals surface area contributed by atoms with Gasteiger partial charge >= 0.3 is 12.2 Å². The number of nitrogens with one attached hydrogen (secondary N) is 1. The van der Waals surface area contributed by atoms with Gasteiger partial charge in [0, 0.05) is 23.4 Å². The fourth-order valence-electron chi connectivity index (χ4n) is 3.52. The number of hydrogen-bond acceptors (Lipinski definition) is 4. The monoisotopic (exact) mass is 506 g/mol. The SMILES string of the molecule is O=C(N1CCC(F)C1)N(Cc1ccc(C2=NNC(C(F)(F)F)O2)cc1F)c1ccc(F)c(Cl)c1. The maximum absolute atomic E-state index is 14.9. The first kappa shape index (κ1) is 24.0. The summed E-state index contributed by atoms with van der Waals surface area (Å²) in [7, 11) is 0. The Morgan fingerprint density at radius 3 is 2.56 bits per heavy atom. The third-order valence-electron chi connectivity index (χ3n) is 5.29. The fourth-order valence-corrected chi connectivity index (χ4v) is 3.69. The van der Waals surface area contributed by atoms with Crippen LogP contribution in [0.1, 0.15) is 17.5 Å². The van der Waals surface area contributed by atoms with Crippen LogP contribution in [0.3, 0.4) is 0 Å². The van der Waals surface area contributed by atoms with Crippen LogP contribution in [-0.2, 0) is 11.3 Å². The number of benzene rings is 2. The molecule has 1 N–H and O–H groups in total. The highest BCUT2D eigenvalue weighted by atomic mass is 35.5. The Morgan fingerprint density at radius 2 is 1.97 bits per heavy atom. The third-order valence-corrected chi connectivity index (χ3v) is 5.58. The van der Waals surface area contributed by atoms with E-state index in [9.17, 15) is 31.1 Å². The van der Waals surface area contributed by atoms with Gasteiger partial charge in [0.15, 0.2) is 0 Å². The van der Waals surface area contributed by atoms with E-state index < -0.39 is 42.1 Å². The molecule has 2 aliphatic heterocycles. The first-order valence-corrected chi connectivity index (χ1v) is 10.4. The Labute approximate surface area is 194 Å². The van der Waals surface area contributed by atoms with E-state index in [1.54, 1.807) is 5.43 Å². The number of hydrogen-bond donors (Lipinski definition) is 1. The summed E-state index contributed by atoms with van der Waals surface area (Å²) in [6, 6.07) is 6.33. The van der Waals surface area contributed by atoms with E-state index in [-0.39, 0.29) is 47.9 Å². The number of anilines is 1. The summed E-state index contributed by atoms with van der Waals surface area (Å²) in [6.45, 7) is -0.329. The molecule has 2 aromatic carbocycles. The van der Waals surface area contributed by atoms with E-state index in [0.29, 0.717) is 0 Å². The molecule has 2 aromatic rings. The minimum Gasteiger partial charge on any atom is -0.441 e. The van der Waals surface area contributed by atoms with Crippen LogP contribution < -0.4 is 10.3 Å². The summed E-state index contributed by atoms with van der Waals surface area (Å²) in [6.07, 6.45) is -8.10. The summed E-state index contributed by atoms with van der Waals surface area (Å²) in [5, 5.41) is 3.17. The zero-order valence-electron chi connectivity index (χ0n) is 17.3. The van der Waals surface area contributed by atoms with Crippen LogP contribution in [0.5, 0.6) is 0 Å². The molecule has 2 amide bonds. The largest absolute Gasteiger partial charge is 0.446 e. The number of rotatable bonds is 4. The molecule has 0 saturated carbocycles. The van der Waals surface area contributed by atoms with Crippen LogP contribution in [0, 0.1) is 11.6 Å². The average molecular weight is 507 g/mol. The number of carbonyl (C=O) groups excluding carboxylic acids is 1. The van der Waals surface area contributed by atoms with Crippen LogP contribution in [0.15, 0.2) is 41.5 Å². The van der Waals surface area contributed by atoms with Gasteiger partial charge in [-0.15, -0.1) is 5.10 Å². The molecule has 1 saturated heterocycles. The molecule has 0 aromatic heterocycles. The van der Waals surface area contributed by atoms with Crippen molar-refractivity contribution in [2.45, 2.75) is 31.5 Å². The molecule has 0 bridgehead atoms. The average Bonchev–Trinajstić information content (AvgIpc) is 3.44. The van der Waals surface area contributed by atoms with Gasteiger partial charge in [0.25, 0.3) is 6.23 Å². The van der Waals surface area contributed by atoms with Gasteiger partial charge in [-0.25, -0.2) is 18.0 Å². The highest BCUT2D eigenvalue weighted by Crippen LogP contribution is 2.29. The minimum absolute atomic E-state index is 0.00697. The molecule has 6 nitrogen and oxygen atoms in total. The molecule has 2 atom stereocenters. The number of alkyl halides is 4. The Morgan fingerprint density at radius 1 is 1.21 bits per heavy atom. The van der Waals surface area contributed by atoms with Gasteiger partial charge in [-0.05, 0) is 36.8 Å². The minimum atomic E-state index is -4.71. The van der Waals surface area contributed by atoms with Gasteiger partial charge in [0.2, 0.25) is 5.90 Å². The van der Waals surface area contributed by atoms with Gasteiger partial charge in [-0.1, -0.05) is 17.7 Å². The highest BCUT2D eigenvalue weighted by molar-refractivity contribution is 6.31. The zero-order chi connectivity index (χ0) is 24.6. The second-order valence-electron chi connectivity index (χ2n) is 7.69. The Balaban J connectivity index is 1.58. The summed E-state index contributed by atoms with van der Waals surface area (Å²) in [5.74, 6) is -2.02. The van der Waals surface area contributed by atoms with E-state index in [2.05, 4.69) is 9.84 Å². The van der Waals surface area contributed by atoms with Gasteiger partial charge < -0.3 is 9.64 Å². The van der Waals surface area contributed by atoms with Crippen molar-refractivity contribution in [2.24, 2.45) is 5.10 Å². The van der Waals surface area contributed by atoms with Crippen LogP contribution >= 0.6 is 11.6 Å². The van der Waals surface area contributed by atoms with Crippen LogP contribution in [-0.4, -0.2) is 48.5 Å². The number of hydrazone groups is 1. The lowest BCUT2D eigenvalue weighted by molar-refractivity contribution is -0.201. The standard InChI is InChI=1S/C21H17ClF6N4O2/c22-15-8-14(3-4-16(15)24)32(20(33)31-6-5-13(23)10-31)9-12-2-1-11(7-17(12)25)18-29-30-19(34-18)21(26,27)28/h1-4,7-8,13,19,30H,5-6,9-10H2. The second kappa shape index (κ2) is 9.24. The van der Waals surface area contributed by atoms with Crippen molar-refractivity contribution >= 4 is 29.2 Å². The summed E-state index contributed by atoms with van der Waals surface area (Å²) in [4.78, 5) is 15.4. The van der Waals surface area contributed by atoms with Crippen molar-refractivity contribution in [1.29, 1.82) is 0 Å².